The van der Waals surface area contributed by atoms with Gasteiger partial charge in [0.25, 0.3) is 5.56 Å². The highest BCUT2D eigenvalue weighted by Crippen LogP contribution is 2.19. The van der Waals surface area contributed by atoms with E-state index >= 15 is 0 Å². The minimum atomic E-state index is -0.806. The third kappa shape index (κ3) is 2.27. The van der Waals surface area contributed by atoms with E-state index in [9.17, 15) is 13.8 Å². The van der Waals surface area contributed by atoms with E-state index in [1.807, 2.05) is 0 Å². The summed E-state index contributed by atoms with van der Waals surface area (Å²) in [5.74, 6) is 1.08. The Kier molecular flexibility index (Phi) is 3.30. The van der Waals surface area contributed by atoms with Gasteiger partial charge in [-0.05, 0) is 12.8 Å². The van der Waals surface area contributed by atoms with E-state index in [-0.39, 0.29) is 11.2 Å². The van der Waals surface area contributed by atoms with E-state index in [0.29, 0.717) is 24.3 Å². The van der Waals surface area contributed by atoms with Crippen LogP contribution in [0.1, 0.15) is 18.9 Å². The first-order valence-corrected chi connectivity index (χ1v) is 6.81. The van der Waals surface area contributed by atoms with Crippen LogP contribution >= 0.6 is 11.6 Å². The van der Waals surface area contributed by atoms with Crippen LogP contribution in [0.3, 0.4) is 0 Å². The van der Waals surface area contributed by atoms with Crippen molar-refractivity contribution in [2.45, 2.75) is 18.9 Å². The second-order valence-electron chi connectivity index (χ2n) is 3.71. The van der Waals surface area contributed by atoms with Crippen molar-refractivity contribution >= 4 is 22.4 Å². The smallest absolute Gasteiger partial charge is 0.298 e. The molecular weight excluding hydrogens is 252 g/mol. The molecule has 1 aromatic rings. The Labute approximate surface area is 98.9 Å². The number of hydrogen-bond acceptors (Lipinski definition) is 3. The summed E-state index contributed by atoms with van der Waals surface area (Å²) >= 11 is 5.57. The highest BCUT2D eigenvalue weighted by Gasteiger charge is 2.22. The van der Waals surface area contributed by atoms with Crippen LogP contribution in [0.25, 0.3) is 0 Å². The lowest BCUT2D eigenvalue weighted by molar-refractivity contribution is 0.431. The summed E-state index contributed by atoms with van der Waals surface area (Å²) in [5.41, 5.74) is -0.887. The van der Waals surface area contributed by atoms with E-state index in [0.717, 1.165) is 0 Å². The van der Waals surface area contributed by atoms with Crippen molar-refractivity contribution in [3.63, 3.8) is 0 Å². The van der Waals surface area contributed by atoms with Crippen molar-refractivity contribution in [2.75, 3.05) is 11.5 Å². The summed E-state index contributed by atoms with van der Waals surface area (Å²) in [6, 6.07) is 1.03. The molecule has 1 aliphatic rings. The van der Waals surface area contributed by atoms with E-state index in [1.165, 1.54) is 10.6 Å². The summed E-state index contributed by atoms with van der Waals surface area (Å²) in [6.45, 7) is 0. The van der Waals surface area contributed by atoms with Gasteiger partial charge < -0.3 is 0 Å². The van der Waals surface area contributed by atoms with Gasteiger partial charge in [0.05, 0.1) is 0 Å². The molecule has 1 saturated heterocycles. The van der Waals surface area contributed by atoms with Crippen molar-refractivity contribution in [3.8, 4) is 0 Å². The molecule has 2 rings (SSSR count). The fourth-order valence-electron chi connectivity index (χ4n) is 1.86. The van der Waals surface area contributed by atoms with Gasteiger partial charge in [-0.3, -0.25) is 18.6 Å². The van der Waals surface area contributed by atoms with Gasteiger partial charge in [-0.15, -0.1) is 0 Å². The predicted octanol–water partition coefficient (Wildman–Crippen LogP) is 0.274. The van der Waals surface area contributed by atoms with Crippen molar-refractivity contribution < 1.29 is 4.21 Å². The Morgan fingerprint density at radius 2 is 2.00 bits per heavy atom. The second-order valence-corrected chi connectivity index (χ2v) is 5.81. The summed E-state index contributed by atoms with van der Waals surface area (Å²) in [4.78, 5) is 25.6. The first-order valence-electron chi connectivity index (χ1n) is 4.94. The molecular formula is C9H11ClN2O3S. The molecule has 1 fully saturated rings. The van der Waals surface area contributed by atoms with Crippen LogP contribution in [0, 0.1) is 0 Å². The van der Waals surface area contributed by atoms with Crippen LogP contribution in [0.4, 0.5) is 0 Å². The highest BCUT2D eigenvalue weighted by atomic mass is 35.5. The Hall–Kier alpha value is -0.880. The molecule has 0 atom stereocenters. The van der Waals surface area contributed by atoms with Crippen molar-refractivity contribution in [3.05, 3.63) is 32.1 Å². The van der Waals surface area contributed by atoms with Gasteiger partial charge in [0.2, 0.25) is 0 Å². The number of H-pyrrole nitrogens is 1. The van der Waals surface area contributed by atoms with E-state index < -0.39 is 22.0 Å². The second kappa shape index (κ2) is 4.55. The lowest BCUT2D eigenvalue weighted by atomic mass is 10.1. The Morgan fingerprint density at radius 1 is 1.38 bits per heavy atom. The molecule has 0 amide bonds. The van der Waals surface area contributed by atoms with Crippen LogP contribution in [0.2, 0.25) is 5.15 Å². The van der Waals surface area contributed by atoms with Crippen LogP contribution in [-0.2, 0) is 10.8 Å². The predicted molar refractivity (Wildman–Crippen MR) is 62.5 cm³/mol. The summed E-state index contributed by atoms with van der Waals surface area (Å²) in [7, 11) is -0.806. The highest BCUT2D eigenvalue weighted by molar-refractivity contribution is 7.85. The average molecular weight is 263 g/mol. The van der Waals surface area contributed by atoms with Gasteiger partial charge in [0.1, 0.15) is 5.15 Å². The number of halogens is 1. The van der Waals surface area contributed by atoms with Crippen molar-refractivity contribution in [1.82, 2.24) is 9.55 Å². The average Bonchev–Trinajstić information content (AvgIpc) is 2.19. The number of nitrogens with zero attached hydrogens (tertiary/aromatic N) is 1. The molecule has 1 aliphatic heterocycles. The van der Waals surface area contributed by atoms with E-state index in [4.69, 9.17) is 11.6 Å². The van der Waals surface area contributed by atoms with Crippen LogP contribution in [0.5, 0.6) is 0 Å². The number of hydrogen-bond donors (Lipinski definition) is 1. The zero-order valence-electron chi connectivity index (χ0n) is 8.44. The largest absolute Gasteiger partial charge is 0.329 e. The molecule has 0 bridgehead atoms. The van der Waals surface area contributed by atoms with Crippen LogP contribution in [-0.4, -0.2) is 25.3 Å². The summed E-state index contributed by atoms with van der Waals surface area (Å²) in [6.07, 6.45) is 1.19. The number of nitrogens with one attached hydrogen (secondary N) is 1. The minimum absolute atomic E-state index is 0.0469. The molecule has 0 radical (unpaired) electrons. The fourth-order valence-corrected chi connectivity index (χ4v) is 3.31. The molecule has 1 aromatic heterocycles. The first kappa shape index (κ1) is 11.6. The molecule has 0 saturated carbocycles. The topological polar surface area (TPSA) is 71.9 Å². The monoisotopic (exact) mass is 262 g/mol. The number of rotatable bonds is 1. The maximum Gasteiger partial charge on any atom is 0.329 e. The van der Waals surface area contributed by atoms with Gasteiger partial charge in [0, 0.05) is 34.4 Å². The molecule has 7 heteroatoms. The van der Waals surface area contributed by atoms with E-state index in [2.05, 4.69) is 4.98 Å². The molecule has 5 nitrogen and oxygen atoms in total. The fraction of sp³-hybridized carbons (Fsp3) is 0.556. The van der Waals surface area contributed by atoms with Crippen molar-refractivity contribution in [1.29, 1.82) is 0 Å². The summed E-state index contributed by atoms with van der Waals surface area (Å²) in [5, 5.41) is 0.0469. The first-order chi connectivity index (χ1) is 7.58. The Bertz CT molecular complexity index is 495. The number of aromatic nitrogens is 2. The van der Waals surface area contributed by atoms with Gasteiger partial charge in [-0.25, -0.2) is 4.79 Å². The van der Waals surface area contributed by atoms with E-state index in [1.54, 1.807) is 0 Å². The molecule has 16 heavy (non-hydrogen) atoms. The molecule has 2 heterocycles. The molecule has 0 aromatic carbocycles. The SMILES string of the molecule is O=c1cc(Cl)[nH]c(=O)n1C1CCS(=O)CC1. The normalized spacial score (nSPS) is 25.6. The van der Waals surface area contributed by atoms with Crippen molar-refractivity contribution in [2.24, 2.45) is 0 Å². The Balaban J connectivity index is 2.38. The van der Waals surface area contributed by atoms with Crippen LogP contribution < -0.4 is 11.2 Å². The van der Waals surface area contributed by atoms with Gasteiger partial charge in [0.15, 0.2) is 0 Å². The van der Waals surface area contributed by atoms with Gasteiger partial charge in [-0.1, -0.05) is 11.6 Å². The molecule has 0 unspecified atom stereocenters. The van der Waals surface area contributed by atoms with Crippen LogP contribution in [0.15, 0.2) is 15.7 Å². The molecule has 1 N–H and O–H groups in total. The third-order valence-electron chi connectivity index (χ3n) is 2.66. The summed E-state index contributed by atoms with van der Waals surface area (Å²) < 4.78 is 12.3. The standard InChI is InChI=1S/C9H11ClN2O3S/c10-7-5-8(13)12(9(14)11-7)6-1-3-16(15)4-2-6/h5-6H,1-4H2,(H,11,14). The quantitative estimate of drug-likeness (QED) is 0.739. The van der Waals surface area contributed by atoms with Gasteiger partial charge >= 0.3 is 5.69 Å². The maximum atomic E-state index is 11.6. The third-order valence-corrected chi connectivity index (χ3v) is 4.24. The lowest BCUT2D eigenvalue weighted by Crippen LogP contribution is -2.39. The zero-order valence-corrected chi connectivity index (χ0v) is 10.0. The van der Waals surface area contributed by atoms with Gasteiger partial charge in [-0.2, -0.15) is 0 Å². The minimum Gasteiger partial charge on any atom is -0.298 e. The maximum absolute atomic E-state index is 11.6. The molecule has 0 aliphatic carbocycles. The Morgan fingerprint density at radius 3 is 2.56 bits per heavy atom. The zero-order chi connectivity index (χ0) is 11.7. The lowest BCUT2D eigenvalue weighted by Gasteiger charge is -2.22. The molecule has 0 spiro atoms. The number of aromatic amines is 1. The molecule has 88 valence electrons.